The third kappa shape index (κ3) is 2.48. The standard InChI is InChI=1S/C17H16N2O4/c18-7-10-4-5-12-15(22)11-3-1-2-9(6-14(20)21)16(11)23-17(12)13(10)8-19/h1-5H,6-8,18-19H2,(H,20,21). The Labute approximate surface area is 131 Å². The summed E-state index contributed by atoms with van der Waals surface area (Å²) in [6.07, 6.45) is -0.222. The van der Waals surface area contributed by atoms with Crippen LogP contribution in [-0.4, -0.2) is 11.1 Å². The van der Waals surface area contributed by atoms with Crippen LogP contribution in [0.2, 0.25) is 0 Å². The lowest BCUT2D eigenvalue weighted by Crippen LogP contribution is -2.11. The van der Waals surface area contributed by atoms with Crippen LogP contribution in [0.15, 0.2) is 39.5 Å². The van der Waals surface area contributed by atoms with Crippen molar-refractivity contribution in [1.29, 1.82) is 0 Å². The Morgan fingerprint density at radius 1 is 1.00 bits per heavy atom. The Kier molecular flexibility index (Phi) is 3.85. The number of carbonyl (C=O) groups is 1. The molecule has 23 heavy (non-hydrogen) atoms. The van der Waals surface area contributed by atoms with E-state index in [0.29, 0.717) is 27.5 Å². The number of carboxylic acid groups (broad SMARTS) is 1. The zero-order valence-electron chi connectivity index (χ0n) is 12.3. The van der Waals surface area contributed by atoms with Crippen molar-refractivity contribution in [3.8, 4) is 0 Å². The van der Waals surface area contributed by atoms with Gasteiger partial charge in [-0.05, 0) is 17.7 Å². The Morgan fingerprint density at radius 3 is 2.39 bits per heavy atom. The second kappa shape index (κ2) is 5.83. The average molecular weight is 312 g/mol. The fourth-order valence-corrected chi connectivity index (χ4v) is 2.81. The Hall–Kier alpha value is -2.70. The summed E-state index contributed by atoms with van der Waals surface area (Å²) in [5.41, 5.74) is 13.9. The predicted octanol–water partition coefficient (Wildman–Crippen LogP) is 1.49. The number of nitrogens with two attached hydrogens (primary N) is 2. The molecule has 3 aromatic rings. The van der Waals surface area contributed by atoms with Gasteiger partial charge in [-0.15, -0.1) is 0 Å². The lowest BCUT2D eigenvalue weighted by atomic mass is 10.0. The maximum atomic E-state index is 12.7. The molecule has 2 aromatic carbocycles. The van der Waals surface area contributed by atoms with Crippen LogP contribution < -0.4 is 16.9 Å². The van der Waals surface area contributed by atoms with Crippen LogP contribution in [0, 0.1) is 0 Å². The highest BCUT2D eigenvalue weighted by atomic mass is 16.4. The summed E-state index contributed by atoms with van der Waals surface area (Å²) in [7, 11) is 0. The lowest BCUT2D eigenvalue weighted by molar-refractivity contribution is -0.136. The number of hydrogen-bond acceptors (Lipinski definition) is 5. The molecular weight excluding hydrogens is 296 g/mol. The molecule has 6 heteroatoms. The molecule has 6 nitrogen and oxygen atoms in total. The second-order valence-corrected chi connectivity index (χ2v) is 5.28. The fraction of sp³-hybridized carbons (Fsp3) is 0.176. The molecule has 0 amide bonds. The van der Waals surface area contributed by atoms with Gasteiger partial charge in [-0.1, -0.05) is 18.2 Å². The van der Waals surface area contributed by atoms with Crippen LogP contribution in [0.5, 0.6) is 0 Å². The average Bonchev–Trinajstić information content (AvgIpc) is 2.54. The smallest absolute Gasteiger partial charge is 0.307 e. The molecule has 0 fully saturated rings. The number of para-hydroxylation sites is 1. The van der Waals surface area contributed by atoms with Crippen LogP contribution in [0.25, 0.3) is 21.9 Å². The minimum Gasteiger partial charge on any atom is -0.481 e. The molecule has 0 unspecified atom stereocenters. The molecule has 0 bridgehead atoms. The van der Waals surface area contributed by atoms with Crippen molar-refractivity contribution in [2.75, 3.05) is 0 Å². The van der Waals surface area contributed by atoms with Crippen molar-refractivity contribution in [1.82, 2.24) is 0 Å². The Morgan fingerprint density at radius 2 is 1.74 bits per heavy atom. The molecule has 1 aromatic heterocycles. The maximum Gasteiger partial charge on any atom is 0.307 e. The molecule has 0 radical (unpaired) electrons. The summed E-state index contributed by atoms with van der Waals surface area (Å²) in [5, 5.41) is 9.82. The monoisotopic (exact) mass is 312 g/mol. The number of fused-ring (bicyclic) bond motifs is 2. The van der Waals surface area contributed by atoms with Crippen molar-refractivity contribution in [3.63, 3.8) is 0 Å². The van der Waals surface area contributed by atoms with Crippen molar-refractivity contribution < 1.29 is 14.3 Å². The van der Waals surface area contributed by atoms with Gasteiger partial charge in [-0.3, -0.25) is 9.59 Å². The second-order valence-electron chi connectivity index (χ2n) is 5.28. The van der Waals surface area contributed by atoms with Crippen LogP contribution in [0.4, 0.5) is 0 Å². The summed E-state index contributed by atoms with van der Waals surface area (Å²) >= 11 is 0. The van der Waals surface area contributed by atoms with Gasteiger partial charge in [0.25, 0.3) is 0 Å². The first-order chi connectivity index (χ1) is 11.1. The molecule has 0 aliphatic carbocycles. The van der Waals surface area contributed by atoms with Gasteiger partial charge < -0.3 is 21.0 Å². The van der Waals surface area contributed by atoms with Gasteiger partial charge in [0.2, 0.25) is 5.43 Å². The predicted molar refractivity (Wildman–Crippen MR) is 87.1 cm³/mol. The van der Waals surface area contributed by atoms with E-state index in [4.69, 9.17) is 21.0 Å². The van der Waals surface area contributed by atoms with E-state index in [9.17, 15) is 9.59 Å². The number of aliphatic carboxylic acids is 1. The first kappa shape index (κ1) is 15.2. The van der Waals surface area contributed by atoms with Crippen molar-refractivity contribution >= 4 is 27.9 Å². The van der Waals surface area contributed by atoms with E-state index in [1.165, 1.54) is 0 Å². The Bertz CT molecular complexity index is 976. The molecule has 0 spiro atoms. The van der Waals surface area contributed by atoms with Crippen LogP contribution in [-0.2, 0) is 24.3 Å². The first-order valence-corrected chi connectivity index (χ1v) is 7.18. The number of rotatable bonds is 4. The van der Waals surface area contributed by atoms with E-state index in [-0.39, 0.29) is 30.5 Å². The molecule has 0 atom stereocenters. The van der Waals surface area contributed by atoms with Crippen LogP contribution in [0.3, 0.4) is 0 Å². The fourth-order valence-electron chi connectivity index (χ4n) is 2.81. The molecule has 0 saturated heterocycles. The van der Waals surface area contributed by atoms with Crippen molar-refractivity contribution in [2.24, 2.45) is 11.5 Å². The Balaban J connectivity index is 2.46. The van der Waals surface area contributed by atoms with Crippen LogP contribution >= 0.6 is 0 Å². The zero-order chi connectivity index (χ0) is 16.6. The van der Waals surface area contributed by atoms with Gasteiger partial charge in [0.1, 0.15) is 11.2 Å². The quantitative estimate of drug-likeness (QED) is 0.628. The summed E-state index contributed by atoms with van der Waals surface area (Å²) < 4.78 is 5.92. The van der Waals surface area contributed by atoms with Gasteiger partial charge in [0.05, 0.1) is 17.2 Å². The highest BCUT2D eigenvalue weighted by Crippen LogP contribution is 2.26. The van der Waals surface area contributed by atoms with Crippen LogP contribution in [0.1, 0.15) is 16.7 Å². The van der Waals surface area contributed by atoms with Gasteiger partial charge in [0.15, 0.2) is 0 Å². The van der Waals surface area contributed by atoms with Gasteiger partial charge in [-0.25, -0.2) is 0 Å². The van der Waals surface area contributed by atoms with Gasteiger partial charge >= 0.3 is 5.97 Å². The zero-order valence-corrected chi connectivity index (χ0v) is 12.3. The molecule has 118 valence electrons. The number of hydrogen-bond donors (Lipinski definition) is 3. The molecule has 0 saturated carbocycles. The normalized spacial score (nSPS) is 11.2. The molecule has 5 N–H and O–H groups in total. The van der Waals surface area contributed by atoms with Crippen molar-refractivity contribution in [2.45, 2.75) is 19.5 Å². The number of carboxylic acids is 1. The summed E-state index contributed by atoms with van der Waals surface area (Å²) in [4.78, 5) is 23.7. The molecule has 3 rings (SSSR count). The topological polar surface area (TPSA) is 120 Å². The van der Waals surface area contributed by atoms with E-state index in [1.54, 1.807) is 30.3 Å². The summed E-state index contributed by atoms with van der Waals surface area (Å²) in [6.45, 7) is 0.459. The third-order valence-corrected chi connectivity index (χ3v) is 3.91. The number of benzene rings is 2. The van der Waals surface area contributed by atoms with Gasteiger partial charge in [0, 0.05) is 24.2 Å². The largest absolute Gasteiger partial charge is 0.481 e. The van der Waals surface area contributed by atoms with Gasteiger partial charge in [-0.2, -0.15) is 0 Å². The summed E-state index contributed by atoms with van der Waals surface area (Å²) in [6, 6.07) is 8.37. The first-order valence-electron chi connectivity index (χ1n) is 7.18. The van der Waals surface area contributed by atoms with E-state index < -0.39 is 5.97 Å². The SMILES string of the molecule is NCc1ccc2c(=O)c3cccc(CC(=O)O)c3oc2c1CN. The molecule has 0 aliphatic heterocycles. The molecule has 0 aliphatic rings. The maximum absolute atomic E-state index is 12.7. The molecular formula is C17H16N2O4. The highest BCUT2D eigenvalue weighted by Gasteiger charge is 2.16. The van der Waals surface area contributed by atoms with E-state index >= 15 is 0 Å². The minimum absolute atomic E-state index is 0.180. The molecule has 1 heterocycles. The van der Waals surface area contributed by atoms with Crippen molar-refractivity contribution in [3.05, 3.63) is 57.2 Å². The van der Waals surface area contributed by atoms with E-state index in [2.05, 4.69) is 0 Å². The lowest BCUT2D eigenvalue weighted by Gasteiger charge is -2.11. The summed E-state index contributed by atoms with van der Waals surface area (Å²) in [5.74, 6) is -0.991. The van der Waals surface area contributed by atoms with E-state index in [1.807, 2.05) is 0 Å². The third-order valence-electron chi connectivity index (χ3n) is 3.91. The highest BCUT2D eigenvalue weighted by molar-refractivity contribution is 5.93. The minimum atomic E-state index is -0.991. The van der Waals surface area contributed by atoms with E-state index in [0.717, 1.165) is 5.56 Å².